The van der Waals surface area contributed by atoms with E-state index in [1.54, 1.807) is 0 Å². The van der Waals surface area contributed by atoms with Gasteiger partial charge in [-0.05, 0) is 24.3 Å². The van der Waals surface area contributed by atoms with E-state index in [2.05, 4.69) is 15.2 Å². The molecule has 0 saturated heterocycles. The van der Waals surface area contributed by atoms with Gasteiger partial charge in [-0.2, -0.15) is 13.5 Å². The Balaban J connectivity index is 2.41. The molecule has 0 atom stereocenters. The predicted octanol–water partition coefficient (Wildman–Crippen LogP) is 0.447. The van der Waals surface area contributed by atoms with Gasteiger partial charge in [0.1, 0.15) is 5.56 Å². The van der Waals surface area contributed by atoms with Crippen LogP contribution >= 0.6 is 0 Å². The summed E-state index contributed by atoms with van der Waals surface area (Å²) in [6.07, 6.45) is 1.02. The van der Waals surface area contributed by atoms with Crippen molar-refractivity contribution >= 4 is 33.4 Å². The van der Waals surface area contributed by atoms with Crippen molar-refractivity contribution in [2.45, 2.75) is 11.8 Å². The van der Waals surface area contributed by atoms with Crippen molar-refractivity contribution in [2.24, 2.45) is 0 Å². The van der Waals surface area contributed by atoms with Crippen LogP contribution in [-0.4, -0.2) is 36.6 Å². The monoisotopic (exact) mass is 338 g/mol. The molecule has 0 unspecified atom stereocenters. The van der Waals surface area contributed by atoms with Crippen molar-refractivity contribution < 1.29 is 22.7 Å². The molecule has 1 aromatic heterocycles. The summed E-state index contributed by atoms with van der Waals surface area (Å²) < 4.78 is 30.0. The van der Waals surface area contributed by atoms with Gasteiger partial charge in [-0.15, -0.1) is 4.09 Å². The fraction of sp³-hybridized carbons (Fsp3) is 0.154. The van der Waals surface area contributed by atoms with E-state index in [-0.39, 0.29) is 22.2 Å². The average molecular weight is 338 g/mol. The fourth-order valence-electron chi connectivity index (χ4n) is 1.81. The smallest absolute Gasteiger partial charge is 0.343 e. The first-order valence-electron chi connectivity index (χ1n) is 6.32. The largest absolute Gasteiger partial charge is 0.465 e. The van der Waals surface area contributed by atoms with Crippen molar-refractivity contribution in [2.75, 3.05) is 18.2 Å². The summed E-state index contributed by atoms with van der Waals surface area (Å²) in [4.78, 5) is 22.3. The summed E-state index contributed by atoms with van der Waals surface area (Å²) in [7, 11) is -2.93. The Morgan fingerprint density at radius 3 is 2.39 bits per heavy atom. The molecule has 0 spiro atoms. The summed E-state index contributed by atoms with van der Waals surface area (Å²) in [6.45, 7) is 1.34. The molecule has 0 saturated carbocycles. The second-order valence-electron chi connectivity index (χ2n) is 4.49. The molecule has 1 amide bonds. The van der Waals surface area contributed by atoms with Crippen LogP contribution in [0.3, 0.4) is 0 Å². The zero-order valence-electron chi connectivity index (χ0n) is 12.3. The molecule has 10 heteroatoms. The van der Waals surface area contributed by atoms with E-state index >= 15 is 0 Å². The standard InChI is InChI=1S/C13H14N4O5S/c1-8(18)16-9-3-5-10(6-4-9)23(20,21)17-12(14)11(7-15-17)13(19)22-2/h3-7H,14H2,1-2H3,(H,16,18). The minimum Gasteiger partial charge on any atom is -0.465 e. The Bertz CT molecular complexity index is 855. The van der Waals surface area contributed by atoms with Gasteiger partial charge in [0.25, 0.3) is 10.0 Å². The molecule has 0 fully saturated rings. The summed E-state index contributed by atoms with van der Waals surface area (Å²) in [5, 5.41) is 6.16. The van der Waals surface area contributed by atoms with E-state index in [9.17, 15) is 18.0 Å². The number of aromatic nitrogens is 2. The summed E-state index contributed by atoms with van der Waals surface area (Å²) >= 11 is 0. The average Bonchev–Trinajstić information content (AvgIpc) is 2.89. The maximum absolute atomic E-state index is 12.5. The number of hydrogen-bond donors (Lipinski definition) is 2. The van der Waals surface area contributed by atoms with Gasteiger partial charge in [0.15, 0.2) is 5.82 Å². The predicted molar refractivity (Wildman–Crippen MR) is 81.3 cm³/mol. The molecule has 1 heterocycles. The molecule has 0 bridgehead atoms. The highest BCUT2D eigenvalue weighted by molar-refractivity contribution is 7.90. The van der Waals surface area contributed by atoms with E-state index < -0.39 is 16.0 Å². The van der Waals surface area contributed by atoms with Gasteiger partial charge in [-0.3, -0.25) is 4.79 Å². The van der Waals surface area contributed by atoms with Crippen molar-refractivity contribution in [3.05, 3.63) is 36.0 Å². The van der Waals surface area contributed by atoms with E-state index in [0.717, 1.165) is 13.3 Å². The van der Waals surface area contributed by atoms with Gasteiger partial charge < -0.3 is 15.8 Å². The number of hydrogen-bond acceptors (Lipinski definition) is 7. The number of amides is 1. The van der Waals surface area contributed by atoms with Crippen LogP contribution in [0.25, 0.3) is 0 Å². The highest BCUT2D eigenvalue weighted by Gasteiger charge is 2.25. The molecule has 3 N–H and O–H groups in total. The topological polar surface area (TPSA) is 133 Å². The molecule has 0 radical (unpaired) electrons. The minimum atomic E-state index is -4.08. The van der Waals surface area contributed by atoms with Gasteiger partial charge in [-0.25, -0.2) is 4.79 Å². The number of rotatable bonds is 4. The lowest BCUT2D eigenvalue weighted by Gasteiger charge is -2.08. The number of esters is 1. The Morgan fingerprint density at radius 1 is 1.26 bits per heavy atom. The zero-order chi connectivity index (χ0) is 17.2. The van der Waals surface area contributed by atoms with Crippen LogP contribution in [0.4, 0.5) is 11.5 Å². The SMILES string of the molecule is COC(=O)c1cnn(S(=O)(=O)c2ccc(NC(C)=O)cc2)c1N. The number of carbonyl (C=O) groups excluding carboxylic acids is 2. The molecule has 0 aliphatic heterocycles. The van der Waals surface area contributed by atoms with Gasteiger partial charge in [-0.1, -0.05) is 0 Å². The van der Waals surface area contributed by atoms with Crippen LogP contribution in [0, 0.1) is 0 Å². The Hall–Kier alpha value is -2.88. The van der Waals surface area contributed by atoms with Crippen molar-refractivity contribution in [1.29, 1.82) is 0 Å². The van der Waals surface area contributed by atoms with Crippen molar-refractivity contribution in [3.8, 4) is 0 Å². The quantitative estimate of drug-likeness (QED) is 0.773. The third-order valence-electron chi connectivity index (χ3n) is 2.88. The molecular formula is C13H14N4O5S. The number of nitrogens with two attached hydrogens (primary N) is 1. The van der Waals surface area contributed by atoms with Gasteiger partial charge in [0.05, 0.1) is 18.2 Å². The number of anilines is 2. The van der Waals surface area contributed by atoms with E-state index in [4.69, 9.17) is 5.73 Å². The van der Waals surface area contributed by atoms with Crippen molar-refractivity contribution in [3.63, 3.8) is 0 Å². The van der Waals surface area contributed by atoms with Gasteiger partial charge in [0, 0.05) is 12.6 Å². The third kappa shape index (κ3) is 3.16. The number of nitrogens with zero attached hydrogens (tertiary/aromatic N) is 2. The second kappa shape index (κ2) is 6.08. The number of benzene rings is 1. The minimum absolute atomic E-state index is 0.0992. The van der Waals surface area contributed by atoms with Crippen LogP contribution in [0.1, 0.15) is 17.3 Å². The molecule has 9 nitrogen and oxygen atoms in total. The molecule has 2 rings (SSSR count). The summed E-state index contributed by atoms with van der Waals surface area (Å²) in [6, 6.07) is 5.43. The molecular weight excluding hydrogens is 324 g/mol. The van der Waals surface area contributed by atoms with E-state index in [0.29, 0.717) is 9.77 Å². The lowest BCUT2D eigenvalue weighted by Crippen LogP contribution is -2.18. The van der Waals surface area contributed by atoms with Crippen LogP contribution < -0.4 is 11.1 Å². The molecule has 0 aliphatic carbocycles. The Kier molecular flexibility index (Phi) is 4.36. The van der Waals surface area contributed by atoms with Crippen LogP contribution in [0.5, 0.6) is 0 Å². The fourth-order valence-corrected chi connectivity index (χ4v) is 3.02. The first-order valence-corrected chi connectivity index (χ1v) is 7.76. The van der Waals surface area contributed by atoms with Crippen LogP contribution in [0.2, 0.25) is 0 Å². The van der Waals surface area contributed by atoms with E-state index in [1.807, 2.05) is 0 Å². The highest BCUT2D eigenvalue weighted by atomic mass is 32.2. The van der Waals surface area contributed by atoms with E-state index in [1.165, 1.54) is 31.2 Å². The Morgan fingerprint density at radius 2 is 1.87 bits per heavy atom. The molecule has 1 aromatic carbocycles. The number of methoxy groups -OCH3 is 1. The van der Waals surface area contributed by atoms with Crippen molar-refractivity contribution in [1.82, 2.24) is 9.19 Å². The molecule has 122 valence electrons. The molecule has 23 heavy (non-hydrogen) atoms. The zero-order valence-corrected chi connectivity index (χ0v) is 13.1. The Labute approximate surface area is 132 Å². The lowest BCUT2D eigenvalue weighted by molar-refractivity contribution is -0.114. The lowest BCUT2D eigenvalue weighted by atomic mass is 10.3. The highest BCUT2D eigenvalue weighted by Crippen LogP contribution is 2.21. The first kappa shape index (κ1) is 16.5. The second-order valence-corrected chi connectivity index (χ2v) is 6.26. The summed E-state index contributed by atoms with van der Waals surface area (Å²) in [5.41, 5.74) is 5.96. The number of nitrogen functional groups attached to an aromatic ring is 1. The normalized spacial score (nSPS) is 11.0. The summed E-state index contributed by atoms with van der Waals surface area (Å²) in [5.74, 6) is -1.41. The molecule has 2 aromatic rings. The first-order chi connectivity index (χ1) is 10.8. The molecule has 0 aliphatic rings. The van der Waals surface area contributed by atoms with Gasteiger partial charge >= 0.3 is 5.97 Å². The van der Waals surface area contributed by atoms with Crippen LogP contribution in [0.15, 0.2) is 35.4 Å². The number of ether oxygens (including phenoxy) is 1. The number of carbonyl (C=O) groups is 2. The third-order valence-corrected chi connectivity index (χ3v) is 4.49. The maximum atomic E-state index is 12.5. The number of nitrogens with one attached hydrogen (secondary N) is 1. The van der Waals surface area contributed by atoms with Gasteiger partial charge in [0.2, 0.25) is 5.91 Å². The van der Waals surface area contributed by atoms with Crippen LogP contribution in [-0.2, 0) is 19.6 Å². The maximum Gasteiger partial charge on any atom is 0.343 e.